The maximum atomic E-state index is 12.2. The third-order valence-electron chi connectivity index (χ3n) is 9.74. The smallest absolute Gasteiger partial charge is 0.341 e. The van der Waals surface area contributed by atoms with Gasteiger partial charge in [0.05, 0.1) is 29.9 Å². The number of hydrogen-bond acceptors (Lipinski definition) is 8. The third-order valence-corrected chi connectivity index (χ3v) is 9.74. The van der Waals surface area contributed by atoms with Crippen LogP contribution in [0.1, 0.15) is 103 Å². The molecule has 4 aromatic heterocycles. The number of methoxy groups -OCH3 is 1. The van der Waals surface area contributed by atoms with Gasteiger partial charge in [-0.15, -0.1) is 0 Å². The molecular weight excluding hydrogens is 640 g/mol. The highest BCUT2D eigenvalue weighted by molar-refractivity contribution is 5.88. The number of aromatic nitrogens is 4. The lowest BCUT2D eigenvalue weighted by Gasteiger charge is -2.48. The van der Waals surface area contributed by atoms with Crippen LogP contribution in [0.25, 0.3) is 22.6 Å². The fourth-order valence-corrected chi connectivity index (χ4v) is 6.93. The van der Waals surface area contributed by atoms with Crippen molar-refractivity contribution in [3.63, 3.8) is 0 Å². The highest BCUT2D eigenvalue weighted by Crippen LogP contribution is 2.49. The molecule has 0 aromatic carbocycles. The summed E-state index contributed by atoms with van der Waals surface area (Å²) in [5.41, 5.74) is 5.02. The highest BCUT2D eigenvalue weighted by Gasteiger charge is 2.44. The number of pyridine rings is 4. The summed E-state index contributed by atoms with van der Waals surface area (Å²) in [5, 5.41) is 28.5. The van der Waals surface area contributed by atoms with E-state index in [9.17, 15) is 34.5 Å². The fourth-order valence-electron chi connectivity index (χ4n) is 6.93. The number of hydrogen-bond donors (Lipinski definition) is 3. The predicted molar refractivity (Wildman–Crippen MR) is 189 cm³/mol. The Kier molecular flexibility index (Phi) is 10.0. The molecule has 0 saturated heterocycles. The molecule has 0 bridgehead atoms. The molecule has 6 heterocycles. The van der Waals surface area contributed by atoms with Crippen LogP contribution in [0.15, 0.2) is 46.2 Å². The van der Waals surface area contributed by atoms with Gasteiger partial charge in [0.25, 0.3) is 5.88 Å². The molecule has 3 aliphatic rings. The minimum absolute atomic E-state index is 0.0383. The Morgan fingerprint density at radius 3 is 2.10 bits per heavy atom. The number of rotatable bonds is 4. The van der Waals surface area contributed by atoms with Gasteiger partial charge in [-0.05, 0) is 68.7 Å². The van der Waals surface area contributed by atoms with Gasteiger partial charge in [-0.3, -0.25) is 14.6 Å². The number of nitrogens with zero attached hydrogens (tertiary/aromatic N) is 4. The number of aromatic hydroxyl groups is 1. The number of carbonyl (C=O) groups is 2. The average molecular weight is 685 g/mol. The Labute approximate surface area is 290 Å². The molecule has 1 unspecified atom stereocenters. The van der Waals surface area contributed by atoms with Gasteiger partial charge in [0.15, 0.2) is 16.6 Å². The van der Waals surface area contributed by atoms with Crippen molar-refractivity contribution in [1.29, 1.82) is 0 Å². The number of ether oxygens (including phenoxy) is 1. The van der Waals surface area contributed by atoms with Crippen LogP contribution in [0.5, 0.6) is 11.6 Å². The van der Waals surface area contributed by atoms with Crippen LogP contribution in [0.2, 0.25) is 0 Å². The first-order chi connectivity index (χ1) is 23.7. The Balaban J connectivity index is 0.000000181. The summed E-state index contributed by atoms with van der Waals surface area (Å²) in [7, 11) is 1.41. The monoisotopic (exact) mass is 684 g/mol. The van der Waals surface area contributed by atoms with Crippen LogP contribution in [0.3, 0.4) is 0 Å². The molecule has 2 aliphatic heterocycles. The number of aryl methyl sites for hydroxylation is 2. The number of carboxylic acid groups (broad SMARTS) is 2. The lowest BCUT2D eigenvalue weighted by atomic mass is 9.70. The molecule has 1 saturated carbocycles. The van der Waals surface area contributed by atoms with E-state index in [1.165, 1.54) is 38.1 Å². The van der Waals surface area contributed by atoms with Gasteiger partial charge >= 0.3 is 11.9 Å². The molecule has 12 nitrogen and oxygen atoms in total. The Morgan fingerprint density at radius 1 is 0.960 bits per heavy atom. The Hall–Kier alpha value is -5.26. The van der Waals surface area contributed by atoms with E-state index < -0.39 is 22.8 Å². The number of fused-ring (bicyclic) bond motifs is 7. The molecule has 1 spiro atoms. The summed E-state index contributed by atoms with van der Waals surface area (Å²) in [4.78, 5) is 56.0. The van der Waals surface area contributed by atoms with Gasteiger partial charge in [-0.1, -0.05) is 34.1 Å². The lowest BCUT2D eigenvalue weighted by molar-refractivity contribution is 0.0681. The van der Waals surface area contributed by atoms with Gasteiger partial charge in [-0.2, -0.15) is 0 Å². The molecule has 3 N–H and O–H groups in total. The van der Waals surface area contributed by atoms with Crippen LogP contribution < -0.4 is 15.6 Å². The maximum absolute atomic E-state index is 12.2. The molecule has 4 aromatic rings. The number of carboxylic acids is 2. The topological polar surface area (TPSA) is 174 Å². The molecule has 1 fully saturated rings. The SMILES string of the molecule is CCC.COc1nc2c(cc1O)CC1(CCC1)n1cc(C(=O)O)c(=O)cc1-2.Cc1cc2c(nc1C)CC(C(C)C)n1cc(C(=O)O)c(=O)cc1-2. The molecule has 0 radical (unpaired) electrons. The van der Waals surface area contributed by atoms with Crippen molar-refractivity contribution in [3.05, 3.63) is 90.7 Å². The fraction of sp³-hybridized carbons (Fsp3) is 0.421. The molecular formula is C38H44N4O8. The van der Waals surface area contributed by atoms with E-state index >= 15 is 0 Å². The molecule has 12 heteroatoms. The van der Waals surface area contributed by atoms with Crippen LogP contribution in [0.4, 0.5) is 0 Å². The summed E-state index contributed by atoms with van der Waals surface area (Å²) in [6, 6.07) is 6.52. The minimum Gasteiger partial charge on any atom is -0.503 e. The third kappa shape index (κ3) is 6.41. The first-order valence-electron chi connectivity index (χ1n) is 16.9. The average Bonchev–Trinajstić information content (AvgIpc) is 3.03. The standard InChI is InChI=1S/C18H20N2O3.C17H16N2O5.C3H8/c1-9(2)15-6-14-12(5-10(3)11(4)19-14)16-7-17(21)13(18(22)23)8-20(15)16;1-24-15-13(21)5-9-7-17(3-2-4-17)19-8-10(16(22)23)12(20)6-11(19)14(9)18-15;1-3-2/h5,7-9,15H,6H2,1-4H3,(H,22,23);5-6,8,21H,2-4,7H2,1H3,(H,22,23);3H2,1-2H3. The molecule has 7 rings (SSSR count). The van der Waals surface area contributed by atoms with Crippen LogP contribution in [-0.2, 0) is 18.4 Å². The van der Waals surface area contributed by atoms with E-state index in [4.69, 9.17) is 9.72 Å². The van der Waals surface area contributed by atoms with Gasteiger partial charge in [0, 0.05) is 53.8 Å². The maximum Gasteiger partial charge on any atom is 0.341 e. The Morgan fingerprint density at radius 2 is 1.56 bits per heavy atom. The zero-order valence-electron chi connectivity index (χ0n) is 29.5. The first-order valence-corrected chi connectivity index (χ1v) is 16.9. The summed E-state index contributed by atoms with van der Waals surface area (Å²) >= 11 is 0. The molecule has 264 valence electrons. The molecule has 50 heavy (non-hydrogen) atoms. The summed E-state index contributed by atoms with van der Waals surface area (Å²) in [5.74, 6) is -2.07. The van der Waals surface area contributed by atoms with E-state index in [-0.39, 0.29) is 34.3 Å². The van der Waals surface area contributed by atoms with Crippen molar-refractivity contribution in [2.45, 2.75) is 91.6 Å². The Bertz CT molecular complexity index is 2110. The highest BCUT2D eigenvalue weighted by atomic mass is 16.5. The van der Waals surface area contributed by atoms with Gasteiger partial charge < -0.3 is 29.2 Å². The number of aromatic carboxylic acids is 2. The molecule has 1 aliphatic carbocycles. The van der Waals surface area contributed by atoms with E-state index in [0.717, 1.165) is 59.5 Å². The van der Waals surface area contributed by atoms with Crippen LogP contribution >= 0.6 is 0 Å². The van der Waals surface area contributed by atoms with E-state index in [1.54, 1.807) is 6.07 Å². The van der Waals surface area contributed by atoms with Crippen LogP contribution in [-0.4, -0.2) is 53.5 Å². The van der Waals surface area contributed by atoms with Crippen molar-refractivity contribution in [2.24, 2.45) is 5.92 Å². The quantitative estimate of drug-likeness (QED) is 0.226. The summed E-state index contributed by atoms with van der Waals surface area (Å²) in [6.07, 6.45) is 8.39. The van der Waals surface area contributed by atoms with Crippen molar-refractivity contribution >= 4 is 11.9 Å². The van der Waals surface area contributed by atoms with Gasteiger partial charge in [-0.25, -0.2) is 14.6 Å². The van der Waals surface area contributed by atoms with E-state index in [2.05, 4.69) is 32.7 Å². The summed E-state index contributed by atoms with van der Waals surface area (Å²) < 4.78 is 8.89. The normalized spacial score (nSPS) is 15.9. The minimum atomic E-state index is -1.23. The van der Waals surface area contributed by atoms with Crippen molar-refractivity contribution in [3.8, 4) is 34.3 Å². The first kappa shape index (κ1) is 36.0. The van der Waals surface area contributed by atoms with Crippen molar-refractivity contribution < 1.29 is 29.6 Å². The summed E-state index contributed by atoms with van der Waals surface area (Å²) in [6.45, 7) is 12.4. The largest absolute Gasteiger partial charge is 0.503 e. The molecule has 1 atom stereocenters. The van der Waals surface area contributed by atoms with Crippen molar-refractivity contribution in [1.82, 2.24) is 19.1 Å². The second-order valence-corrected chi connectivity index (χ2v) is 13.6. The zero-order chi connectivity index (χ0) is 36.7. The van der Waals surface area contributed by atoms with E-state index in [1.807, 2.05) is 29.0 Å². The lowest BCUT2D eigenvalue weighted by Crippen LogP contribution is -2.46. The van der Waals surface area contributed by atoms with Crippen molar-refractivity contribution in [2.75, 3.05) is 7.11 Å². The second-order valence-electron chi connectivity index (χ2n) is 13.6. The van der Waals surface area contributed by atoms with Gasteiger partial charge in [0.1, 0.15) is 11.1 Å². The van der Waals surface area contributed by atoms with Crippen LogP contribution in [0, 0.1) is 19.8 Å². The van der Waals surface area contributed by atoms with Gasteiger partial charge in [0.2, 0.25) is 0 Å². The second kappa shape index (κ2) is 13.9. The van der Waals surface area contributed by atoms with E-state index in [0.29, 0.717) is 23.7 Å². The predicted octanol–water partition coefficient (Wildman–Crippen LogP) is 6.15. The molecule has 0 amide bonds. The zero-order valence-corrected chi connectivity index (χ0v) is 29.5.